The van der Waals surface area contributed by atoms with Crippen molar-refractivity contribution in [3.63, 3.8) is 0 Å². The topological polar surface area (TPSA) is 38.3 Å². The number of carbonyl (C=O) groups is 1. The highest BCUT2D eigenvalue weighted by atomic mass is 35.5. The summed E-state index contributed by atoms with van der Waals surface area (Å²) in [5, 5.41) is 3.93. The molecule has 1 fully saturated rings. The number of hydrogen-bond acceptors (Lipinski definition) is 3. The van der Waals surface area contributed by atoms with E-state index >= 15 is 0 Å². The van der Waals surface area contributed by atoms with E-state index in [0.29, 0.717) is 5.02 Å². The third kappa shape index (κ3) is 3.16. The molecule has 0 bridgehead atoms. The maximum absolute atomic E-state index is 12.1. The summed E-state index contributed by atoms with van der Waals surface area (Å²) in [4.78, 5) is 12.1. The Kier molecular flexibility index (Phi) is 3.28. The molecule has 1 N–H and O–H groups in total. The highest BCUT2D eigenvalue weighted by molar-refractivity contribution is 6.30. The highest BCUT2D eigenvalue weighted by Crippen LogP contribution is 2.41. The first-order chi connectivity index (χ1) is 8.31. The molecule has 1 aromatic rings. The highest BCUT2D eigenvalue weighted by Gasteiger charge is 2.52. The Balaban J connectivity index is 2.04. The van der Waals surface area contributed by atoms with Gasteiger partial charge in [0.05, 0.1) is 0 Å². The van der Waals surface area contributed by atoms with Gasteiger partial charge in [-0.2, -0.15) is 0 Å². The van der Waals surface area contributed by atoms with Gasteiger partial charge >= 0.3 is 5.97 Å². The molecule has 1 aliphatic carbocycles. The van der Waals surface area contributed by atoms with Gasteiger partial charge < -0.3 is 10.1 Å². The Labute approximate surface area is 112 Å². The predicted octanol–water partition coefficient (Wildman–Crippen LogP) is 3.63. The first-order valence-electron chi connectivity index (χ1n) is 6.08. The van der Waals surface area contributed by atoms with Crippen molar-refractivity contribution in [2.24, 2.45) is 0 Å². The van der Waals surface area contributed by atoms with Crippen LogP contribution in [0, 0.1) is 0 Å². The standard InChI is InChI=1S/C14H18ClNO2/c1-13(2,3)18-12(17)14(8-9-14)16-11-6-4-10(15)5-7-11/h4-7,16H,8-9H2,1-3H3. The van der Waals surface area contributed by atoms with Crippen molar-refractivity contribution in [1.29, 1.82) is 0 Å². The Morgan fingerprint density at radius 1 is 1.28 bits per heavy atom. The molecule has 98 valence electrons. The molecule has 1 aliphatic rings. The largest absolute Gasteiger partial charge is 0.458 e. The van der Waals surface area contributed by atoms with Crippen LogP contribution in [-0.2, 0) is 9.53 Å². The quantitative estimate of drug-likeness (QED) is 0.850. The fraction of sp³-hybridized carbons (Fsp3) is 0.500. The summed E-state index contributed by atoms with van der Waals surface area (Å²) < 4.78 is 5.43. The molecule has 0 heterocycles. The average molecular weight is 268 g/mol. The van der Waals surface area contributed by atoms with E-state index in [1.165, 1.54) is 0 Å². The first-order valence-corrected chi connectivity index (χ1v) is 6.46. The van der Waals surface area contributed by atoms with Gasteiger partial charge in [-0.1, -0.05) is 11.6 Å². The third-order valence-corrected chi connectivity index (χ3v) is 3.02. The number of carbonyl (C=O) groups excluding carboxylic acids is 1. The molecule has 0 aliphatic heterocycles. The number of nitrogens with one attached hydrogen (secondary N) is 1. The predicted molar refractivity (Wildman–Crippen MR) is 72.9 cm³/mol. The smallest absolute Gasteiger partial charge is 0.332 e. The van der Waals surface area contributed by atoms with E-state index in [1.807, 2.05) is 32.9 Å². The van der Waals surface area contributed by atoms with Crippen molar-refractivity contribution >= 4 is 23.3 Å². The Morgan fingerprint density at radius 2 is 1.83 bits per heavy atom. The molecular formula is C14H18ClNO2. The number of hydrogen-bond donors (Lipinski definition) is 1. The van der Waals surface area contributed by atoms with Crippen LogP contribution in [0.2, 0.25) is 5.02 Å². The zero-order chi connectivity index (χ0) is 13.4. The normalized spacial score (nSPS) is 17.1. The Morgan fingerprint density at radius 3 is 2.28 bits per heavy atom. The zero-order valence-electron chi connectivity index (χ0n) is 10.9. The average Bonchev–Trinajstić information content (AvgIpc) is 3.00. The molecule has 1 aromatic carbocycles. The molecule has 0 amide bonds. The molecular weight excluding hydrogens is 250 g/mol. The van der Waals surface area contributed by atoms with E-state index in [1.54, 1.807) is 12.1 Å². The fourth-order valence-corrected chi connectivity index (χ4v) is 1.82. The lowest BCUT2D eigenvalue weighted by atomic mass is 10.1. The molecule has 0 radical (unpaired) electrons. The zero-order valence-corrected chi connectivity index (χ0v) is 11.7. The van der Waals surface area contributed by atoms with Crippen molar-refractivity contribution < 1.29 is 9.53 Å². The summed E-state index contributed by atoms with van der Waals surface area (Å²) in [6.45, 7) is 5.63. The molecule has 3 nitrogen and oxygen atoms in total. The second-order valence-corrected chi connectivity index (χ2v) is 6.15. The minimum absolute atomic E-state index is 0.176. The van der Waals surface area contributed by atoms with Crippen LogP contribution in [0.4, 0.5) is 5.69 Å². The maximum Gasteiger partial charge on any atom is 0.332 e. The van der Waals surface area contributed by atoms with Gasteiger partial charge in [-0.15, -0.1) is 0 Å². The van der Waals surface area contributed by atoms with Crippen LogP contribution in [0.5, 0.6) is 0 Å². The summed E-state index contributed by atoms with van der Waals surface area (Å²) in [5.41, 5.74) is -0.0992. The second-order valence-electron chi connectivity index (χ2n) is 5.72. The SMILES string of the molecule is CC(C)(C)OC(=O)C1(Nc2ccc(Cl)cc2)CC1. The van der Waals surface area contributed by atoms with Crippen molar-refractivity contribution in [3.8, 4) is 0 Å². The molecule has 2 rings (SSSR count). The third-order valence-electron chi connectivity index (χ3n) is 2.77. The lowest BCUT2D eigenvalue weighted by Crippen LogP contribution is -2.38. The van der Waals surface area contributed by atoms with Gasteiger partial charge in [0.25, 0.3) is 0 Å². The Hall–Kier alpha value is -1.22. The molecule has 1 saturated carbocycles. The summed E-state index contributed by atoms with van der Waals surface area (Å²) in [6.07, 6.45) is 1.62. The number of halogens is 1. The van der Waals surface area contributed by atoms with Gasteiger partial charge in [-0.3, -0.25) is 0 Å². The number of rotatable bonds is 3. The van der Waals surface area contributed by atoms with E-state index in [-0.39, 0.29) is 5.97 Å². The van der Waals surface area contributed by atoms with Gasteiger partial charge in [0.1, 0.15) is 11.1 Å². The molecule has 4 heteroatoms. The van der Waals surface area contributed by atoms with Crippen LogP contribution in [-0.4, -0.2) is 17.1 Å². The first kappa shape index (κ1) is 13.2. The van der Waals surface area contributed by atoms with Crippen LogP contribution in [0.1, 0.15) is 33.6 Å². The van der Waals surface area contributed by atoms with Crippen LogP contribution >= 0.6 is 11.6 Å². The fourth-order valence-electron chi connectivity index (χ4n) is 1.69. The number of ether oxygens (including phenoxy) is 1. The van der Waals surface area contributed by atoms with Gasteiger partial charge in [-0.25, -0.2) is 4.79 Å². The van der Waals surface area contributed by atoms with Gasteiger partial charge in [-0.05, 0) is 57.9 Å². The van der Waals surface area contributed by atoms with Crippen LogP contribution in [0.15, 0.2) is 24.3 Å². The number of benzene rings is 1. The number of esters is 1. The molecule has 0 spiro atoms. The lowest BCUT2D eigenvalue weighted by molar-refractivity contribution is -0.156. The summed E-state index contributed by atoms with van der Waals surface area (Å²) >= 11 is 5.83. The molecule has 0 unspecified atom stereocenters. The van der Waals surface area contributed by atoms with E-state index in [2.05, 4.69) is 5.32 Å². The van der Waals surface area contributed by atoms with Crippen LogP contribution < -0.4 is 5.32 Å². The van der Waals surface area contributed by atoms with Crippen LogP contribution in [0.25, 0.3) is 0 Å². The molecule has 0 aromatic heterocycles. The van der Waals surface area contributed by atoms with Crippen LogP contribution in [0.3, 0.4) is 0 Å². The lowest BCUT2D eigenvalue weighted by Gasteiger charge is -2.25. The molecule has 18 heavy (non-hydrogen) atoms. The van der Waals surface area contributed by atoms with Gasteiger partial charge in [0.15, 0.2) is 0 Å². The second kappa shape index (κ2) is 4.47. The minimum atomic E-state index is -0.541. The van der Waals surface area contributed by atoms with Crippen molar-refractivity contribution in [2.75, 3.05) is 5.32 Å². The summed E-state index contributed by atoms with van der Waals surface area (Å²) in [5.74, 6) is -0.176. The van der Waals surface area contributed by atoms with E-state index in [4.69, 9.17) is 16.3 Å². The van der Waals surface area contributed by atoms with Crippen molar-refractivity contribution in [3.05, 3.63) is 29.3 Å². The summed E-state index contributed by atoms with van der Waals surface area (Å²) in [6, 6.07) is 7.34. The van der Waals surface area contributed by atoms with E-state index < -0.39 is 11.1 Å². The Bertz CT molecular complexity index is 444. The van der Waals surface area contributed by atoms with E-state index in [0.717, 1.165) is 18.5 Å². The van der Waals surface area contributed by atoms with Crippen molar-refractivity contribution in [2.45, 2.75) is 44.8 Å². The van der Waals surface area contributed by atoms with Gasteiger partial charge in [0.2, 0.25) is 0 Å². The molecule has 0 atom stereocenters. The maximum atomic E-state index is 12.1. The molecule has 0 saturated heterocycles. The monoisotopic (exact) mass is 267 g/mol. The summed E-state index contributed by atoms with van der Waals surface area (Å²) in [7, 11) is 0. The van der Waals surface area contributed by atoms with E-state index in [9.17, 15) is 4.79 Å². The van der Waals surface area contributed by atoms with Gasteiger partial charge in [0, 0.05) is 10.7 Å². The minimum Gasteiger partial charge on any atom is -0.458 e. The van der Waals surface area contributed by atoms with Crippen molar-refractivity contribution in [1.82, 2.24) is 0 Å². The number of anilines is 1.